The fourth-order valence-corrected chi connectivity index (χ4v) is 7.16. The van der Waals surface area contributed by atoms with Gasteiger partial charge in [-0.15, -0.1) is 0 Å². The molecule has 0 N–H and O–H groups in total. The fourth-order valence-electron chi connectivity index (χ4n) is 5.76. The first-order valence-corrected chi connectivity index (χ1v) is 15.6. The van der Waals surface area contributed by atoms with E-state index in [1.165, 1.54) is 17.7 Å². The minimum absolute atomic E-state index is 0.0349. The number of hydrazone groups is 2. The van der Waals surface area contributed by atoms with Crippen LogP contribution in [-0.2, 0) is 10.4 Å². The van der Waals surface area contributed by atoms with Crippen molar-refractivity contribution in [1.82, 2.24) is 0 Å². The van der Waals surface area contributed by atoms with Gasteiger partial charge in [-0.3, -0.25) is 10.1 Å². The number of nitro groups is 1. The SMILES string of the molecule is CC(C)(C)c1ccc(C2=NN(c3ccccc3)[C@]3(SC(c4ccc([N+](=O)[O-])cc4)=NN3c3ccccc3)c3ccccc32)cc1. The van der Waals surface area contributed by atoms with Crippen LogP contribution in [0.2, 0.25) is 0 Å². The standard InChI is InChI=1S/C37H31N5O2S/c1-36(2,3)28-22-18-26(19-23-28)34-32-16-10-11-17-33(32)37(40(38-34)29-12-6-4-7-13-29)41(30-14-8-5-9-15-30)39-35(45-37)27-20-24-31(25-21-27)42(43)44/h4-25H,1-3H3/t37-/m1/s1. The van der Waals surface area contributed by atoms with E-state index in [-0.39, 0.29) is 16.0 Å². The van der Waals surface area contributed by atoms with Crippen molar-refractivity contribution in [1.29, 1.82) is 0 Å². The van der Waals surface area contributed by atoms with Crippen molar-refractivity contribution < 1.29 is 4.92 Å². The summed E-state index contributed by atoms with van der Waals surface area (Å²) in [6.07, 6.45) is 0. The summed E-state index contributed by atoms with van der Waals surface area (Å²) in [6.45, 7) is 6.65. The van der Waals surface area contributed by atoms with Gasteiger partial charge >= 0.3 is 0 Å². The zero-order chi connectivity index (χ0) is 31.2. The van der Waals surface area contributed by atoms with Crippen molar-refractivity contribution in [2.45, 2.75) is 31.2 Å². The van der Waals surface area contributed by atoms with Crippen molar-refractivity contribution in [3.8, 4) is 0 Å². The van der Waals surface area contributed by atoms with E-state index in [9.17, 15) is 10.1 Å². The van der Waals surface area contributed by atoms with Crippen molar-refractivity contribution in [3.05, 3.63) is 171 Å². The van der Waals surface area contributed by atoms with Gasteiger partial charge in [-0.2, -0.15) is 10.2 Å². The van der Waals surface area contributed by atoms with Crippen LogP contribution in [0.1, 0.15) is 48.6 Å². The Hall–Kier alpha value is -5.21. The molecule has 0 radical (unpaired) electrons. The zero-order valence-corrected chi connectivity index (χ0v) is 26.0. The Kier molecular flexibility index (Phi) is 7.01. The number of hydrogen-bond donors (Lipinski definition) is 0. The van der Waals surface area contributed by atoms with Gasteiger partial charge in [0.2, 0.25) is 4.99 Å². The van der Waals surface area contributed by atoms with Gasteiger partial charge in [-0.25, -0.2) is 10.0 Å². The topological polar surface area (TPSA) is 74.3 Å². The Morgan fingerprint density at radius 3 is 1.78 bits per heavy atom. The highest BCUT2D eigenvalue weighted by atomic mass is 32.2. The minimum Gasteiger partial charge on any atom is -0.258 e. The summed E-state index contributed by atoms with van der Waals surface area (Å²) in [4.78, 5) is 10.1. The number of benzene rings is 5. The molecule has 0 amide bonds. The van der Waals surface area contributed by atoms with Gasteiger partial charge in [-0.05, 0) is 59.1 Å². The van der Waals surface area contributed by atoms with E-state index in [1.807, 2.05) is 59.6 Å². The molecule has 7 rings (SSSR count). The lowest BCUT2D eigenvalue weighted by atomic mass is 9.85. The maximum atomic E-state index is 11.4. The van der Waals surface area contributed by atoms with Crippen LogP contribution in [0, 0.1) is 10.1 Å². The molecule has 45 heavy (non-hydrogen) atoms. The minimum atomic E-state index is -0.939. The molecular formula is C37H31N5O2S. The average molecular weight is 610 g/mol. The summed E-state index contributed by atoms with van der Waals surface area (Å²) in [5.41, 5.74) is 7.88. The van der Waals surface area contributed by atoms with Crippen LogP contribution in [0.25, 0.3) is 0 Å². The largest absolute Gasteiger partial charge is 0.269 e. The molecule has 0 aromatic heterocycles. The van der Waals surface area contributed by atoms with Crippen LogP contribution in [0.3, 0.4) is 0 Å². The van der Waals surface area contributed by atoms with Crippen LogP contribution in [0.15, 0.2) is 144 Å². The fraction of sp³-hybridized carbons (Fsp3) is 0.135. The molecule has 0 aliphatic carbocycles. The molecule has 0 unspecified atom stereocenters. The van der Waals surface area contributed by atoms with Crippen LogP contribution in [0.5, 0.6) is 0 Å². The number of para-hydroxylation sites is 2. The van der Waals surface area contributed by atoms with Gasteiger partial charge < -0.3 is 0 Å². The number of hydrogen-bond acceptors (Lipinski definition) is 7. The summed E-state index contributed by atoms with van der Waals surface area (Å²) in [5.74, 6) is 0. The first-order chi connectivity index (χ1) is 21.8. The number of rotatable bonds is 5. The molecule has 0 saturated carbocycles. The first-order valence-electron chi connectivity index (χ1n) is 14.8. The predicted molar refractivity (Wildman–Crippen MR) is 184 cm³/mol. The normalized spacial score (nSPS) is 17.6. The van der Waals surface area contributed by atoms with Crippen molar-refractivity contribution in [2.75, 3.05) is 10.0 Å². The maximum absolute atomic E-state index is 11.4. The number of non-ortho nitro benzene ring substituents is 1. The molecule has 5 aromatic carbocycles. The summed E-state index contributed by atoms with van der Waals surface area (Å²) < 4.78 is 0. The number of anilines is 2. The molecule has 5 aromatic rings. The molecule has 2 aliphatic rings. The van der Waals surface area contributed by atoms with E-state index >= 15 is 0 Å². The van der Waals surface area contributed by atoms with E-state index in [4.69, 9.17) is 10.2 Å². The lowest BCUT2D eigenvalue weighted by Gasteiger charge is -2.47. The van der Waals surface area contributed by atoms with Gasteiger partial charge in [0.25, 0.3) is 5.69 Å². The molecule has 2 aliphatic heterocycles. The second-order valence-corrected chi connectivity index (χ2v) is 13.2. The van der Waals surface area contributed by atoms with Crippen molar-refractivity contribution in [3.63, 3.8) is 0 Å². The van der Waals surface area contributed by atoms with Gasteiger partial charge in [-0.1, -0.05) is 106 Å². The van der Waals surface area contributed by atoms with Crippen LogP contribution < -0.4 is 10.0 Å². The monoisotopic (exact) mass is 609 g/mol. The molecule has 0 saturated heterocycles. The average Bonchev–Trinajstić information content (AvgIpc) is 3.46. The van der Waals surface area contributed by atoms with Crippen molar-refractivity contribution in [2.24, 2.45) is 10.2 Å². The molecule has 1 spiro atoms. The number of nitrogens with zero attached hydrogens (tertiary/aromatic N) is 5. The lowest BCUT2D eigenvalue weighted by Crippen LogP contribution is -2.54. The van der Waals surface area contributed by atoms with E-state index in [1.54, 1.807) is 23.9 Å². The molecule has 0 bridgehead atoms. The third kappa shape index (κ3) is 4.97. The quantitative estimate of drug-likeness (QED) is 0.147. The van der Waals surface area contributed by atoms with E-state index in [2.05, 4.69) is 80.4 Å². The Balaban J connectivity index is 1.46. The second-order valence-electron chi connectivity index (χ2n) is 12.0. The smallest absolute Gasteiger partial charge is 0.258 e. The third-order valence-corrected chi connectivity index (χ3v) is 9.45. The summed E-state index contributed by atoms with van der Waals surface area (Å²) in [5, 5.41) is 26.9. The van der Waals surface area contributed by atoms with Crippen LogP contribution in [0.4, 0.5) is 17.1 Å². The van der Waals surface area contributed by atoms with Crippen LogP contribution in [-0.4, -0.2) is 15.7 Å². The molecular weight excluding hydrogens is 579 g/mol. The highest BCUT2D eigenvalue weighted by Gasteiger charge is 2.55. The van der Waals surface area contributed by atoms with Crippen molar-refractivity contribution >= 4 is 39.6 Å². The number of fused-ring (bicyclic) bond motifs is 2. The lowest BCUT2D eigenvalue weighted by molar-refractivity contribution is -0.384. The van der Waals surface area contributed by atoms with E-state index in [0.29, 0.717) is 0 Å². The van der Waals surface area contributed by atoms with Gasteiger partial charge in [0.15, 0.2) is 0 Å². The Bertz CT molecular complexity index is 1940. The molecule has 1 atom stereocenters. The van der Waals surface area contributed by atoms with Crippen LogP contribution >= 0.6 is 11.8 Å². The highest BCUT2D eigenvalue weighted by Crippen LogP contribution is 2.55. The molecule has 222 valence electrons. The van der Waals surface area contributed by atoms with Gasteiger partial charge in [0.05, 0.1) is 22.0 Å². The Labute approximate surface area is 266 Å². The maximum Gasteiger partial charge on any atom is 0.269 e. The van der Waals surface area contributed by atoms with Gasteiger partial charge in [0, 0.05) is 34.4 Å². The third-order valence-electron chi connectivity index (χ3n) is 8.09. The molecule has 8 heteroatoms. The second kappa shape index (κ2) is 11.1. The summed E-state index contributed by atoms with van der Waals surface area (Å²) >= 11 is 1.58. The Morgan fingerprint density at radius 2 is 1.20 bits per heavy atom. The van der Waals surface area contributed by atoms with E-state index < -0.39 is 4.99 Å². The molecule has 0 fully saturated rings. The molecule has 2 heterocycles. The first kappa shape index (κ1) is 28.6. The number of thioether (sulfide) groups is 1. The number of nitro benzene ring substituents is 1. The Morgan fingerprint density at radius 1 is 0.667 bits per heavy atom. The summed E-state index contributed by atoms with van der Waals surface area (Å²) in [6, 6.07) is 43.9. The summed E-state index contributed by atoms with van der Waals surface area (Å²) in [7, 11) is 0. The highest BCUT2D eigenvalue weighted by molar-refractivity contribution is 8.15. The zero-order valence-electron chi connectivity index (χ0n) is 25.2. The van der Waals surface area contributed by atoms with E-state index in [0.717, 1.165) is 44.4 Å². The van der Waals surface area contributed by atoms with Gasteiger partial charge in [0.1, 0.15) is 5.04 Å². The molecule has 7 nitrogen and oxygen atoms in total. The predicted octanol–water partition coefficient (Wildman–Crippen LogP) is 8.89.